The van der Waals surface area contributed by atoms with Crippen LogP contribution in [0.1, 0.15) is 37.4 Å². The van der Waals surface area contributed by atoms with E-state index in [1.807, 2.05) is 45.0 Å². The maximum absolute atomic E-state index is 13.6. The summed E-state index contributed by atoms with van der Waals surface area (Å²) in [5.41, 5.74) is 1.55. The van der Waals surface area contributed by atoms with Crippen LogP contribution in [-0.4, -0.2) is 26.5 Å². The molecule has 0 saturated heterocycles. The number of benzene rings is 3. The van der Waals surface area contributed by atoms with Crippen LogP contribution in [0.4, 0.5) is 5.69 Å². The summed E-state index contributed by atoms with van der Waals surface area (Å²) in [5.74, 6) is 0.271. The molecule has 0 spiro atoms. The second-order valence-electron chi connectivity index (χ2n) is 9.00. The molecule has 0 saturated carbocycles. The predicted molar refractivity (Wildman–Crippen MR) is 134 cm³/mol. The summed E-state index contributed by atoms with van der Waals surface area (Å²) in [6.07, 6.45) is 0.548. The van der Waals surface area contributed by atoms with Gasteiger partial charge in [0.2, 0.25) is 5.91 Å². The highest BCUT2D eigenvalue weighted by Crippen LogP contribution is 2.39. The van der Waals surface area contributed by atoms with Gasteiger partial charge in [-0.25, -0.2) is 8.42 Å². The number of sulfonamides is 1. The van der Waals surface area contributed by atoms with E-state index in [0.717, 1.165) is 15.4 Å². The van der Waals surface area contributed by atoms with E-state index < -0.39 is 28.1 Å². The number of amides is 1. The largest absolute Gasteiger partial charge is 0.487 e. The van der Waals surface area contributed by atoms with Gasteiger partial charge in [0.05, 0.1) is 21.6 Å². The molecule has 0 radical (unpaired) electrons. The van der Waals surface area contributed by atoms with Crippen molar-refractivity contribution in [1.29, 1.82) is 0 Å². The minimum Gasteiger partial charge on any atom is -0.487 e. The second kappa shape index (κ2) is 9.31. The molecule has 1 aliphatic heterocycles. The summed E-state index contributed by atoms with van der Waals surface area (Å²) in [4.78, 5) is 13.3. The quantitative estimate of drug-likeness (QED) is 0.503. The van der Waals surface area contributed by atoms with Gasteiger partial charge in [-0.15, -0.1) is 0 Å². The highest BCUT2D eigenvalue weighted by atomic mass is 35.5. The van der Waals surface area contributed by atoms with Crippen molar-refractivity contribution in [3.05, 3.63) is 88.9 Å². The monoisotopic (exact) mass is 498 g/mol. The normalized spacial score (nSPS) is 16.8. The first-order valence-electron chi connectivity index (χ1n) is 11.0. The van der Waals surface area contributed by atoms with Gasteiger partial charge < -0.3 is 10.1 Å². The molecule has 0 fully saturated rings. The highest BCUT2D eigenvalue weighted by molar-refractivity contribution is 7.92. The lowest BCUT2D eigenvalue weighted by atomic mass is 9.89. The average Bonchev–Trinajstić information content (AvgIpc) is 2.77. The molecule has 0 aliphatic carbocycles. The van der Waals surface area contributed by atoms with Crippen LogP contribution in [0, 0.1) is 6.92 Å². The Morgan fingerprint density at radius 3 is 2.41 bits per heavy atom. The van der Waals surface area contributed by atoms with E-state index in [0.29, 0.717) is 12.2 Å². The third kappa shape index (κ3) is 5.05. The molecule has 1 N–H and O–H groups in total. The Balaban J connectivity index is 1.66. The first-order valence-corrected chi connectivity index (χ1v) is 12.8. The number of nitrogens with zero attached hydrogens (tertiary/aromatic N) is 1. The number of rotatable bonds is 6. The number of hydrogen-bond acceptors (Lipinski definition) is 4. The Labute approximate surface area is 205 Å². The molecule has 1 heterocycles. The fraction of sp³-hybridized carbons (Fsp3) is 0.269. The van der Waals surface area contributed by atoms with E-state index in [2.05, 4.69) is 5.32 Å². The van der Waals surface area contributed by atoms with Gasteiger partial charge in [-0.3, -0.25) is 9.10 Å². The second-order valence-corrected chi connectivity index (χ2v) is 11.3. The average molecular weight is 499 g/mol. The zero-order valence-electron chi connectivity index (χ0n) is 19.3. The number of carbonyl (C=O) groups excluding carboxylic acids is 1. The lowest BCUT2D eigenvalue weighted by Crippen LogP contribution is -2.45. The molecule has 4 rings (SSSR count). The maximum Gasteiger partial charge on any atom is 0.264 e. The Kier molecular flexibility index (Phi) is 6.60. The molecule has 1 atom stereocenters. The third-order valence-corrected chi connectivity index (χ3v) is 7.82. The van der Waals surface area contributed by atoms with E-state index >= 15 is 0 Å². The van der Waals surface area contributed by atoms with Gasteiger partial charge in [0, 0.05) is 12.0 Å². The summed E-state index contributed by atoms with van der Waals surface area (Å²) in [5, 5.41) is 3.25. The number of halogens is 1. The number of anilines is 1. The lowest BCUT2D eigenvalue weighted by Gasteiger charge is -2.38. The van der Waals surface area contributed by atoms with Crippen molar-refractivity contribution < 1.29 is 17.9 Å². The molecule has 3 aromatic carbocycles. The number of ether oxygens (including phenoxy) is 1. The summed E-state index contributed by atoms with van der Waals surface area (Å²) in [6.45, 7) is 5.38. The van der Waals surface area contributed by atoms with E-state index in [1.165, 1.54) is 12.1 Å². The van der Waals surface area contributed by atoms with Crippen LogP contribution < -0.4 is 14.4 Å². The van der Waals surface area contributed by atoms with Gasteiger partial charge in [-0.1, -0.05) is 59.6 Å². The zero-order valence-corrected chi connectivity index (χ0v) is 20.9. The van der Waals surface area contributed by atoms with Crippen molar-refractivity contribution in [2.24, 2.45) is 0 Å². The van der Waals surface area contributed by atoms with E-state index in [-0.39, 0.29) is 21.6 Å². The predicted octanol–water partition coefficient (Wildman–Crippen LogP) is 5.26. The van der Waals surface area contributed by atoms with Gasteiger partial charge in [0.1, 0.15) is 17.9 Å². The van der Waals surface area contributed by atoms with E-state index in [9.17, 15) is 13.2 Å². The van der Waals surface area contributed by atoms with Crippen molar-refractivity contribution in [3.63, 3.8) is 0 Å². The number of aryl methyl sites for hydroxylation is 1. The van der Waals surface area contributed by atoms with Crippen LogP contribution in [0.25, 0.3) is 0 Å². The number of nitrogens with one attached hydrogen (secondary N) is 1. The first-order chi connectivity index (χ1) is 16.1. The van der Waals surface area contributed by atoms with Crippen molar-refractivity contribution in [2.75, 3.05) is 10.8 Å². The summed E-state index contributed by atoms with van der Waals surface area (Å²) in [6, 6.07) is 20.3. The Morgan fingerprint density at radius 2 is 1.71 bits per heavy atom. The van der Waals surface area contributed by atoms with Gasteiger partial charge in [-0.2, -0.15) is 0 Å². The van der Waals surface area contributed by atoms with Crippen LogP contribution in [0.3, 0.4) is 0 Å². The maximum atomic E-state index is 13.6. The van der Waals surface area contributed by atoms with Gasteiger partial charge in [0.15, 0.2) is 0 Å². The first kappa shape index (κ1) is 24.1. The number of fused-ring (bicyclic) bond motifs is 1. The molecule has 0 bridgehead atoms. The van der Waals surface area contributed by atoms with Gasteiger partial charge in [0.25, 0.3) is 10.0 Å². The van der Waals surface area contributed by atoms with Gasteiger partial charge >= 0.3 is 0 Å². The summed E-state index contributed by atoms with van der Waals surface area (Å²) in [7, 11) is -4.05. The molecular weight excluding hydrogens is 472 g/mol. The topological polar surface area (TPSA) is 75.7 Å². The highest BCUT2D eigenvalue weighted by Gasteiger charge is 2.35. The molecule has 178 valence electrons. The Morgan fingerprint density at radius 1 is 1.06 bits per heavy atom. The fourth-order valence-electron chi connectivity index (χ4n) is 4.09. The third-order valence-electron chi connectivity index (χ3n) is 5.73. The Hall–Kier alpha value is -3.03. The summed E-state index contributed by atoms with van der Waals surface area (Å²) >= 11 is 6.36. The zero-order chi connectivity index (χ0) is 24.5. The molecule has 0 aromatic heterocycles. The SMILES string of the molecule is Cc1ccc(S(=O)(=O)N(CC(=O)NC2CC(C)(C)Oc3ccccc32)c2ccccc2Cl)cc1. The van der Waals surface area contributed by atoms with Crippen molar-refractivity contribution >= 4 is 33.2 Å². The van der Waals surface area contributed by atoms with Gasteiger partial charge in [-0.05, 0) is 51.1 Å². The molecule has 1 aliphatic rings. The minimum absolute atomic E-state index is 0.0864. The summed E-state index contributed by atoms with van der Waals surface area (Å²) < 4.78 is 34.3. The van der Waals surface area contributed by atoms with Crippen LogP contribution in [-0.2, 0) is 14.8 Å². The standard InChI is InChI=1S/C26H27ClN2O4S/c1-18-12-14-19(15-13-18)34(31,32)29(23-10-6-5-9-21(23)27)17-25(30)28-22-16-26(2,3)33-24-11-7-4-8-20(22)24/h4-15,22H,16-17H2,1-3H3,(H,28,30). The molecular formula is C26H27ClN2O4S. The molecule has 1 unspecified atom stereocenters. The van der Waals surface area contributed by atoms with Crippen molar-refractivity contribution in [1.82, 2.24) is 5.32 Å². The van der Waals surface area contributed by atoms with Crippen molar-refractivity contribution in [3.8, 4) is 5.75 Å². The smallest absolute Gasteiger partial charge is 0.264 e. The molecule has 1 amide bonds. The Bertz CT molecular complexity index is 1310. The van der Waals surface area contributed by atoms with E-state index in [1.54, 1.807) is 36.4 Å². The number of carbonyl (C=O) groups is 1. The molecule has 3 aromatic rings. The van der Waals surface area contributed by atoms with E-state index in [4.69, 9.17) is 16.3 Å². The van der Waals surface area contributed by atoms with Crippen molar-refractivity contribution in [2.45, 2.75) is 43.7 Å². The van der Waals surface area contributed by atoms with Crippen LogP contribution in [0.15, 0.2) is 77.7 Å². The van der Waals surface area contributed by atoms with Crippen LogP contribution in [0.2, 0.25) is 5.02 Å². The minimum atomic E-state index is -4.05. The van der Waals surface area contributed by atoms with Crippen LogP contribution >= 0.6 is 11.6 Å². The number of para-hydroxylation sites is 2. The molecule has 6 nitrogen and oxygen atoms in total. The van der Waals surface area contributed by atoms with Crippen LogP contribution in [0.5, 0.6) is 5.75 Å². The lowest BCUT2D eigenvalue weighted by molar-refractivity contribution is -0.120. The molecule has 34 heavy (non-hydrogen) atoms. The molecule has 8 heteroatoms. The number of hydrogen-bond donors (Lipinski definition) is 1. The fourth-order valence-corrected chi connectivity index (χ4v) is 5.82.